The van der Waals surface area contributed by atoms with Gasteiger partial charge in [-0.1, -0.05) is 18.2 Å². The third kappa shape index (κ3) is 3.03. The fourth-order valence-corrected chi connectivity index (χ4v) is 2.33. The van der Waals surface area contributed by atoms with Crippen LogP contribution in [-0.2, 0) is 6.54 Å². The number of nitrogens with zero attached hydrogens (tertiary/aromatic N) is 3. The summed E-state index contributed by atoms with van der Waals surface area (Å²) in [4.78, 5) is 9.35. The van der Waals surface area contributed by atoms with E-state index in [1.807, 2.05) is 30.3 Å². The first-order valence-electron chi connectivity index (χ1n) is 6.72. The van der Waals surface area contributed by atoms with Gasteiger partial charge in [0.05, 0.1) is 5.69 Å². The molecule has 3 rings (SSSR count). The third-order valence-electron chi connectivity index (χ3n) is 3.55. The molecular formula is C15H19N3O. The fourth-order valence-electron chi connectivity index (χ4n) is 2.33. The lowest BCUT2D eigenvalue weighted by atomic mass is 10.2. The second-order valence-electron chi connectivity index (χ2n) is 5.09. The van der Waals surface area contributed by atoms with Gasteiger partial charge in [0.25, 0.3) is 0 Å². The zero-order valence-corrected chi connectivity index (χ0v) is 11.2. The van der Waals surface area contributed by atoms with Crippen molar-refractivity contribution in [2.45, 2.75) is 6.54 Å². The second-order valence-corrected chi connectivity index (χ2v) is 5.09. The highest BCUT2D eigenvalue weighted by molar-refractivity contribution is 5.52. The quantitative estimate of drug-likeness (QED) is 0.843. The van der Waals surface area contributed by atoms with Crippen LogP contribution in [-0.4, -0.2) is 48.0 Å². The highest BCUT2D eigenvalue weighted by Crippen LogP contribution is 2.18. The SMILES string of the molecule is CN1CCN(Cc2coc(-c3ccccc3)n2)CC1. The minimum atomic E-state index is 0.713. The Morgan fingerprint density at radius 2 is 1.84 bits per heavy atom. The Balaban J connectivity index is 1.65. The molecule has 0 bridgehead atoms. The minimum Gasteiger partial charge on any atom is -0.444 e. The average molecular weight is 257 g/mol. The van der Waals surface area contributed by atoms with E-state index in [9.17, 15) is 0 Å². The summed E-state index contributed by atoms with van der Waals surface area (Å²) in [5.74, 6) is 0.713. The first-order valence-corrected chi connectivity index (χ1v) is 6.72. The van der Waals surface area contributed by atoms with Crippen molar-refractivity contribution in [3.05, 3.63) is 42.3 Å². The Hall–Kier alpha value is -1.65. The van der Waals surface area contributed by atoms with Crippen LogP contribution in [0.1, 0.15) is 5.69 Å². The summed E-state index contributed by atoms with van der Waals surface area (Å²) in [7, 11) is 2.17. The predicted molar refractivity (Wildman–Crippen MR) is 74.7 cm³/mol. The molecule has 1 saturated heterocycles. The van der Waals surface area contributed by atoms with Crippen molar-refractivity contribution in [3.8, 4) is 11.5 Å². The van der Waals surface area contributed by atoms with Crippen molar-refractivity contribution >= 4 is 0 Å². The molecule has 0 spiro atoms. The fraction of sp³-hybridized carbons (Fsp3) is 0.400. The molecule has 0 saturated carbocycles. The van der Waals surface area contributed by atoms with Crippen LogP contribution in [0.4, 0.5) is 0 Å². The van der Waals surface area contributed by atoms with Crippen LogP contribution in [0.3, 0.4) is 0 Å². The molecule has 1 aliphatic rings. The molecule has 0 aliphatic carbocycles. The van der Waals surface area contributed by atoms with Gasteiger partial charge in [-0.2, -0.15) is 0 Å². The van der Waals surface area contributed by atoms with Crippen LogP contribution in [0, 0.1) is 0 Å². The summed E-state index contributed by atoms with van der Waals surface area (Å²) in [5, 5.41) is 0. The van der Waals surface area contributed by atoms with Gasteiger partial charge >= 0.3 is 0 Å². The largest absolute Gasteiger partial charge is 0.444 e. The van der Waals surface area contributed by atoms with Crippen molar-refractivity contribution in [2.24, 2.45) is 0 Å². The summed E-state index contributed by atoms with van der Waals surface area (Å²) in [6.45, 7) is 5.34. The number of benzene rings is 1. The molecule has 4 nitrogen and oxygen atoms in total. The molecule has 0 unspecified atom stereocenters. The van der Waals surface area contributed by atoms with Crippen LogP contribution in [0.5, 0.6) is 0 Å². The Bertz CT molecular complexity index is 515. The maximum Gasteiger partial charge on any atom is 0.226 e. The lowest BCUT2D eigenvalue weighted by Crippen LogP contribution is -2.43. The van der Waals surface area contributed by atoms with Crippen LogP contribution in [0.15, 0.2) is 41.0 Å². The number of rotatable bonds is 3. The Labute approximate surface area is 113 Å². The third-order valence-corrected chi connectivity index (χ3v) is 3.55. The number of piperazine rings is 1. The standard InChI is InChI=1S/C15H19N3O/c1-17-7-9-18(10-8-17)11-14-12-19-15(16-14)13-5-3-2-4-6-13/h2-6,12H,7-11H2,1H3. The van der Waals surface area contributed by atoms with E-state index in [4.69, 9.17) is 4.42 Å². The maximum atomic E-state index is 5.57. The van der Waals surface area contributed by atoms with E-state index in [1.54, 1.807) is 6.26 Å². The first kappa shape index (κ1) is 12.4. The number of hydrogen-bond acceptors (Lipinski definition) is 4. The van der Waals surface area contributed by atoms with E-state index in [2.05, 4.69) is 21.8 Å². The van der Waals surface area contributed by atoms with Gasteiger partial charge in [-0.15, -0.1) is 0 Å². The molecule has 1 aliphatic heterocycles. The molecule has 2 aromatic rings. The molecule has 100 valence electrons. The van der Waals surface area contributed by atoms with Crippen molar-refractivity contribution < 1.29 is 4.42 Å². The second kappa shape index (κ2) is 5.55. The molecule has 1 aromatic carbocycles. The van der Waals surface area contributed by atoms with Crippen molar-refractivity contribution in [1.29, 1.82) is 0 Å². The molecule has 2 heterocycles. The molecule has 19 heavy (non-hydrogen) atoms. The topological polar surface area (TPSA) is 32.5 Å². The average Bonchev–Trinajstić information content (AvgIpc) is 2.91. The lowest BCUT2D eigenvalue weighted by Gasteiger charge is -2.31. The zero-order chi connectivity index (χ0) is 13.1. The summed E-state index contributed by atoms with van der Waals surface area (Å²) in [6.07, 6.45) is 1.78. The van der Waals surface area contributed by atoms with Gasteiger partial charge in [0, 0.05) is 38.3 Å². The maximum absolute atomic E-state index is 5.57. The van der Waals surface area contributed by atoms with E-state index in [0.29, 0.717) is 5.89 Å². The van der Waals surface area contributed by atoms with E-state index in [0.717, 1.165) is 44.0 Å². The summed E-state index contributed by atoms with van der Waals surface area (Å²) in [5.41, 5.74) is 2.05. The van der Waals surface area contributed by atoms with E-state index >= 15 is 0 Å². The summed E-state index contributed by atoms with van der Waals surface area (Å²) >= 11 is 0. The van der Waals surface area contributed by atoms with E-state index in [1.165, 1.54) is 0 Å². The molecule has 0 N–H and O–H groups in total. The van der Waals surface area contributed by atoms with Gasteiger partial charge in [-0.05, 0) is 19.2 Å². The van der Waals surface area contributed by atoms with Crippen LogP contribution >= 0.6 is 0 Å². The van der Waals surface area contributed by atoms with Crippen molar-refractivity contribution in [1.82, 2.24) is 14.8 Å². The molecule has 1 aromatic heterocycles. The lowest BCUT2D eigenvalue weighted by molar-refractivity contribution is 0.147. The number of oxazole rings is 1. The molecule has 4 heteroatoms. The van der Waals surface area contributed by atoms with Gasteiger partial charge in [-0.3, -0.25) is 4.90 Å². The van der Waals surface area contributed by atoms with Gasteiger partial charge in [0.1, 0.15) is 6.26 Å². The normalized spacial score (nSPS) is 17.7. The smallest absolute Gasteiger partial charge is 0.226 e. The van der Waals surface area contributed by atoms with Crippen LogP contribution in [0.25, 0.3) is 11.5 Å². The summed E-state index contributed by atoms with van der Waals surface area (Å²) in [6, 6.07) is 10.0. The van der Waals surface area contributed by atoms with Gasteiger partial charge in [0.15, 0.2) is 0 Å². The molecule has 0 atom stereocenters. The zero-order valence-electron chi connectivity index (χ0n) is 11.2. The van der Waals surface area contributed by atoms with E-state index < -0.39 is 0 Å². The highest BCUT2D eigenvalue weighted by Gasteiger charge is 2.15. The Kier molecular flexibility index (Phi) is 3.62. The highest BCUT2D eigenvalue weighted by atomic mass is 16.3. The van der Waals surface area contributed by atoms with Gasteiger partial charge in [-0.25, -0.2) is 4.98 Å². The number of aromatic nitrogens is 1. The molecular weight excluding hydrogens is 238 g/mol. The molecule has 0 radical (unpaired) electrons. The van der Waals surface area contributed by atoms with Crippen molar-refractivity contribution in [2.75, 3.05) is 33.2 Å². The minimum absolute atomic E-state index is 0.713. The van der Waals surface area contributed by atoms with E-state index in [-0.39, 0.29) is 0 Å². The summed E-state index contributed by atoms with van der Waals surface area (Å²) < 4.78 is 5.57. The predicted octanol–water partition coefficient (Wildman–Crippen LogP) is 2.09. The van der Waals surface area contributed by atoms with Crippen LogP contribution < -0.4 is 0 Å². The molecule has 0 amide bonds. The van der Waals surface area contributed by atoms with Crippen LogP contribution in [0.2, 0.25) is 0 Å². The monoisotopic (exact) mass is 257 g/mol. The van der Waals surface area contributed by atoms with Crippen molar-refractivity contribution in [3.63, 3.8) is 0 Å². The van der Waals surface area contributed by atoms with Gasteiger partial charge < -0.3 is 9.32 Å². The number of hydrogen-bond donors (Lipinski definition) is 0. The van der Waals surface area contributed by atoms with Gasteiger partial charge in [0.2, 0.25) is 5.89 Å². The number of likely N-dealkylation sites (N-methyl/N-ethyl adjacent to an activating group) is 1. The first-order chi connectivity index (χ1) is 9.31. The Morgan fingerprint density at radius 3 is 2.58 bits per heavy atom. The molecule has 1 fully saturated rings. The Morgan fingerprint density at radius 1 is 1.11 bits per heavy atom.